The van der Waals surface area contributed by atoms with Crippen LogP contribution in [-0.2, 0) is 12.8 Å². The van der Waals surface area contributed by atoms with Crippen molar-refractivity contribution in [2.24, 2.45) is 5.92 Å². The zero-order valence-corrected chi connectivity index (χ0v) is 20.1. The van der Waals surface area contributed by atoms with Crippen LogP contribution in [0.3, 0.4) is 0 Å². The molecule has 35 heavy (non-hydrogen) atoms. The smallest absolute Gasteiger partial charge is 0.259 e. The molecule has 5 rings (SSSR count). The first-order chi connectivity index (χ1) is 17.2. The highest BCUT2D eigenvalue weighted by molar-refractivity contribution is 6.06. The Bertz CT molecular complexity index is 1160. The van der Waals surface area contributed by atoms with Crippen molar-refractivity contribution in [2.45, 2.75) is 38.5 Å². The number of piperidine rings is 1. The van der Waals surface area contributed by atoms with Crippen molar-refractivity contribution < 1.29 is 9.59 Å². The average Bonchev–Trinajstić information content (AvgIpc) is 2.94. The summed E-state index contributed by atoms with van der Waals surface area (Å²) in [6.07, 6.45) is 7.40. The average molecular weight is 469 g/mol. The van der Waals surface area contributed by atoms with Crippen LogP contribution in [-0.4, -0.2) is 52.7 Å². The summed E-state index contributed by atoms with van der Waals surface area (Å²) >= 11 is 0. The summed E-state index contributed by atoms with van der Waals surface area (Å²) in [5.41, 5.74) is 3.67. The molecule has 0 N–H and O–H groups in total. The molecule has 1 aliphatic heterocycles. The summed E-state index contributed by atoms with van der Waals surface area (Å²) in [6.45, 7) is 3.04. The van der Waals surface area contributed by atoms with Gasteiger partial charge in [0.15, 0.2) is 5.78 Å². The third-order valence-corrected chi connectivity index (χ3v) is 7.28. The Morgan fingerprint density at radius 3 is 2.23 bits per heavy atom. The number of hydrogen-bond donors (Lipinski definition) is 0. The SMILES string of the molecule is O=C(c1ccccc1)C1CCN(CCN(C(=O)c2ccccc2)c2ncnc3c2CCCC3)CC1. The minimum absolute atomic E-state index is 0.0220. The third-order valence-electron chi connectivity index (χ3n) is 7.28. The van der Waals surface area contributed by atoms with Crippen LogP contribution in [0.4, 0.5) is 5.82 Å². The van der Waals surface area contributed by atoms with Gasteiger partial charge < -0.3 is 4.90 Å². The number of Topliss-reactive ketones (excluding diaryl/α,β-unsaturated/α-hetero) is 1. The van der Waals surface area contributed by atoms with Crippen molar-refractivity contribution in [3.8, 4) is 0 Å². The van der Waals surface area contributed by atoms with Gasteiger partial charge in [0.05, 0.1) is 0 Å². The number of amides is 1. The highest BCUT2D eigenvalue weighted by Gasteiger charge is 2.28. The topological polar surface area (TPSA) is 66.4 Å². The van der Waals surface area contributed by atoms with E-state index >= 15 is 0 Å². The molecule has 1 amide bonds. The van der Waals surface area contributed by atoms with E-state index in [0.29, 0.717) is 12.1 Å². The van der Waals surface area contributed by atoms with Gasteiger partial charge in [0.1, 0.15) is 12.1 Å². The molecule has 180 valence electrons. The number of fused-ring (bicyclic) bond motifs is 1. The van der Waals surface area contributed by atoms with Gasteiger partial charge in [-0.1, -0.05) is 48.5 Å². The van der Waals surface area contributed by atoms with E-state index in [-0.39, 0.29) is 17.6 Å². The molecule has 0 unspecified atom stereocenters. The van der Waals surface area contributed by atoms with Crippen molar-refractivity contribution in [3.05, 3.63) is 89.4 Å². The Labute approximate surface area is 207 Å². The standard InChI is InChI=1S/C29H32N4O2/c34-27(22-9-3-1-4-10-22)23-15-17-32(18-16-23)19-20-33(29(35)24-11-5-2-6-12-24)28-25-13-7-8-14-26(25)30-21-31-28/h1-6,9-12,21,23H,7-8,13-20H2. The van der Waals surface area contributed by atoms with E-state index in [1.165, 1.54) is 0 Å². The van der Waals surface area contributed by atoms with Gasteiger partial charge in [-0.2, -0.15) is 0 Å². The van der Waals surface area contributed by atoms with Crippen LogP contribution in [0.1, 0.15) is 57.7 Å². The minimum atomic E-state index is -0.0220. The van der Waals surface area contributed by atoms with E-state index < -0.39 is 0 Å². The highest BCUT2D eigenvalue weighted by Crippen LogP contribution is 2.28. The lowest BCUT2D eigenvalue weighted by molar-refractivity contribution is 0.0841. The predicted octanol–water partition coefficient (Wildman–Crippen LogP) is 4.60. The number of aryl methyl sites for hydroxylation is 1. The van der Waals surface area contributed by atoms with Crippen LogP contribution in [0.15, 0.2) is 67.0 Å². The lowest BCUT2D eigenvalue weighted by Gasteiger charge is -2.33. The summed E-state index contributed by atoms with van der Waals surface area (Å²) < 4.78 is 0. The van der Waals surface area contributed by atoms with Crippen molar-refractivity contribution in [1.29, 1.82) is 0 Å². The predicted molar refractivity (Wildman–Crippen MR) is 137 cm³/mol. The summed E-state index contributed by atoms with van der Waals surface area (Å²) in [4.78, 5) is 39.8. The Balaban J connectivity index is 1.29. The lowest BCUT2D eigenvalue weighted by atomic mass is 9.89. The van der Waals surface area contributed by atoms with Gasteiger partial charge in [-0.25, -0.2) is 9.97 Å². The molecule has 6 heteroatoms. The molecule has 1 aromatic heterocycles. The second-order valence-corrected chi connectivity index (χ2v) is 9.50. The first-order valence-corrected chi connectivity index (χ1v) is 12.7. The molecule has 1 aliphatic carbocycles. The van der Waals surface area contributed by atoms with E-state index in [2.05, 4.69) is 14.9 Å². The molecule has 6 nitrogen and oxygen atoms in total. The Morgan fingerprint density at radius 1 is 0.857 bits per heavy atom. The number of ketones is 1. The largest absolute Gasteiger partial charge is 0.302 e. The number of hydrogen-bond acceptors (Lipinski definition) is 5. The fourth-order valence-corrected chi connectivity index (χ4v) is 5.27. The molecule has 0 atom stereocenters. The van der Waals surface area contributed by atoms with E-state index in [1.54, 1.807) is 6.33 Å². The first kappa shape index (κ1) is 23.4. The molecule has 0 spiro atoms. The molecule has 0 bridgehead atoms. The number of nitrogens with zero attached hydrogens (tertiary/aromatic N) is 4. The molecule has 2 aromatic carbocycles. The zero-order valence-electron chi connectivity index (χ0n) is 20.1. The Morgan fingerprint density at radius 2 is 1.51 bits per heavy atom. The highest BCUT2D eigenvalue weighted by atomic mass is 16.2. The van der Waals surface area contributed by atoms with Gasteiger partial charge >= 0.3 is 0 Å². The van der Waals surface area contributed by atoms with Crippen LogP contribution in [0.5, 0.6) is 0 Å². The Kier molecular flexibility index (Phi) is 7.28. The van der Waals surface area contributed by atoms with Crippen LogP contribution in [0.25, 0.3) is 0 Å². The van der Waals surface area contributed by atoms with Crippen molar-refractivity contribution in [1.82, 2.24) is 14.9 Å². The summed E-state index contributed by atoms with van der Waals surface area (Å²) in [7, 11) is 0. The number of anilines is 1. The molecule has 1 saturated heterocycles. The molecule has 0 radical (unpaired) electrons. The van der Waals surface area contributed by atoms with Gasteiger partial charge in [0, 0.05) is 41.4 Å². The zero-order chi connectivity index (χ0) is 24.0. The molecular weight excluding hydrogens is 436 g/mol. The maximum absolute atomic E-state index is 13.6. The fraction of sp³-hybridized carbons (Fsp3) is 0.379. The number of carbonyl (C=O) groups excluding carboxylic acids is 2. The number of aromatic nitrogens is 2. The quantitative estimate of drug-likeness (QED) is 0.474. The fourth-order valence-electron chi connectivity index (χ4n) is 5.27. The van der Waals surface area contributed by atoms with Gasteiger partial charge in [-0.05, 0) is 63.7 Å². The number of carbonyl (C=O) groups is 2. The molecule has 0 saturated carbocycles. The van der Waals surface area contributed by atoms with Gasteiger partial charge in [-0.15, -0.1) is 0 Å². The third kappa shape index (κ3) is 5.33. The summed E-state index contributed by atoms with van der Waals surface area (Å²) in [5.74, 6) is 1.06. The van der Waals surface area contributed by atoms with Gasteiger partial charge in [-0.3, -0.25) is 14.5 Å². The van der Waals surface area contributed by atoms with Crippen molar-refractivity contribution in [3.63, 3.8) is 0 Å². The minimum Gasteiger partial charge on any atom is -0.302 e. The maximum atomic E-state index is 13.6. The molecular formula is C29H32N4O2. The maximum Gasteiger partial charge on any atom is 0.259 e. The monoisotopic (exact) mass is 468 g/mol. The van der Waals surface area contributed by atoms with E-state index in [4.69, 9.17) is 0 Å². The molecule has 2 aliphatic rings. The van der Waals surface area contributed by atoms with Gasteiger partial charge in [0.25, 0.3) is 5.91 Å². The lowest BCUT2D eigenvalue weighted by Crippen LogP contribution is -2.43. The van der Waals surface area contributed by atoms with Crippen molar-refractivity contribution >= 4 is 17.5 Å². The van der Waals surface area contributed by atoms with E-state index in [1.807, 2.05) is 65.6 Å². The van der Waals surface area contributed by atoms with E-state index in [0.717, 1.165) is 80.8 Å². The number of rotatable bonds is 7. The second kappa shape index (κ2) is 10.9. The molecule has 1 fully saturated rings. The summed E-state index contributed by atoms with van der Waals surface area (Å²) in [5, 5.41) is 0. The summed E-state index contributed by atoms with van der Waals surface area (Å²) in [6, 6.07) is 19.1. The normalized spacial score (nSPS) is 16.5. The second-order valence-electron chi connectivity index (χ2n) is 9.50. The van der Waals surface area contributed by atoms with Crippen molar-refractivity contribution in [2.75, 3.05) is 31.1 Å². The first-order valence-electron chi connectivity index (χ1n) is 12.7. The van der Waals surface area contributed by atoms with E-state index in [9.17, 15) is 9.59 Å². The Hall–Kier alpha value is -3.38. The van der Waals surface area contributed by atoms with Crippen LogP contribution >= 0.6 is 0 Å². The van der Waals surface area contributed by atoms with Gasteiger partial charge in [0.2, 0.25) is 0 Å². The van der Waals surface area contributed by atoms with Crippen LogP contribution < -0.4 is 4.90 Å². The number of likely N-dealkylation sites (tertiary alicyclic amines) is 1. The number of benzene rings is 2. The molecule has 2 heterocycles. The molecule has 3 aromatic rings. The van der Waals surface area contributed by atoms with Crippen LogP contribution in [0.2, 0.25) is 0 Å². The van der Waals surface area contributed by atoms with Crippen LogP contribution in [0, 0.1) is 5.92 Å².